The monoisotopic (exact) mass is 521 g/mol. The molecule has 0 bridgehead atoms. The topological polar surface area (TPSA) is 76.7 Å². The van der Waals surface area contributed by atoms with Crippen LogP contribution in [-0.2, 0) is 14.0 Å². The van der Waals surface area contributed by atoms with Gasteiger partial charge >= 0.3 is 13.2 Å². The zero-order chi connectivity index (χ0) is 26.6. The molecule has 0 unspecified atom stereocenters. The van der Waals surface area contributed by atoms with E-state index >= 15 is 0 Å². The summed E-state index contributed by atoms with van der Waals surface area (Å²) in [5.41, 5.74) is 1.90. The highest BCUT2D eigenvalue weighted by atomic mass is 32.1. The van der Waals surface area contributed by atoms with Gasteiger partial charge in [0.25, 0.3) is 0 Å². The lowest BCUT2D eigenvalue weighted by molar-refractivity contribution is 0.00578. The molecule has 1 amide bonds. The van der Waals surface area contributed by atoms with E-state index in [-0.39, 0.29) is 30.5 Å². The number of rotatable bonds is 4. The van der Waals surface area contributed by atoms with Gasteiger partial charge < -0.3 is 19.0 Å². The Morgan fingerprint density at radius 3 is 2.38 bits per heavy atom. The number of aromatic amines is 1. The van der Waals surface area contributed by atoms with Gasteiger partial charge in [0.1, 0.15) is 11.4 Å². The third kappa shape index (κ3) is 5.22. The molecule has 0 saturated carbocycles. The van der Waals surface area contributed by atoms with Crippen LogP contribution in [0.1, 0.15) is 73.2 Å². The van der Waals surface area contributed by atoms with Crippen LogP contribution in [0.2, 0.25) is 0 Å². The molecule has 0 spiro atoms. The van der Waals surface area contributed by atoms with E-state index in [2.05, 4.69) is 74.1 Å². The van der Waals surface area contributed by atoms with Crippen molar-refractivity contribution in [2.45, 2.75) is 84.2 Å². The summed E-state index contributed by atoms with van der Waals surface area (Å²) in [4.78, 5) is 23.7. The Labute approximate surface area is 223 Å². The van der Waals surface area contributed by atoms with Gasteiger partial charge in [-0.05, 0) is 78.5 Å². The van der Waals surface area contributed by atoms with Crippen molar-refractivity contribution < 1.29 is 18.8 Å². The third-order valence-electron chi connectivity index (χ3n) is 7.38. The van der Waals surface area contributed by atoms with Crippen molar-refractivity contribution in [2.24, 2.45) is 0 Å². The number of carbonyl (C=O) groups is 1. The molecule has 2 aliphatic rings. The maximum absolute atomic E-state index is 12.7. The number of aromatic nitrogens is 2. The highest BCUT2D eigenvalue weighted by molar-refractivity contribution is 7.25. The number of likely N-dealkylation sites (tertiary alicyclic amines) is 1. The van der Waals surface area contributed by atoms with E-state index in [1.54, 1.807) is 16.2 Å². The zero-order valence-corrected chi connectivity index (χ0v) is 23.6. The first kappa shape index (κ1) is 26.0. The number of H-pyrrole nitrogens is 1. The van der Waals surface area contributed by atoms with Gasteiger partial charge in [-0.1, -0.05) is 30.3 Å². The highest BCUT2D eigenvalue weighted by Gasteiger charge is 2.52. The highest BCUT2D eigenvalue weighted by Crippen LogP contribution is 2.38. The fourth-order valence-corrected chi connectivity index (χ4v) is 5.62. The number of carbonyl (C=O) groups excluding carboxylic acids is 1. The van der Waals surface area contributed by atoms with E-state index in [0.29, 0.717) is 6.54 Å². The number of thiophene rings is 1. The number of amides is 1. The van der Waals surface area contributed by atoms with E-state index in [9.17, 15) is 4.79 Å². The summed E-state index contributed by atoms with van der Waals surface area (Å²) < 4.78 is 19.1. The van der Waals surface area contributed by atoms with Crippen molar-refractivity contribution in [3.63, 3.8) is 0 Å². The van der Waals surface area contributed by atoms with E-state index in [1.165, 1.54) is 4.88 Å². The van der Waals surface area contributed by atoms with Crippen LogP contribution in [-0.4, -0.2) is 51.4 Å². The van der Waals surface area contributed by atoms with Gasteiger partial charge in [0.15, 0.2) is 0 Å². The molecule has 2 aliphatic heterocycles. The first-order chi connectivity index (χ1) is 17.3. The second-order valence-corrected chi connectivity index (χ2v) is 13.0. The maximum Gasteiger partial charge on any atom is 0.505 e. The molecule has 9 heteroatoms. The molecule has 196 valence electrons. The third-order valence-corrected chi connectivity index (χ3v) is 8.54. The molecule has 5 rings (SSSR count). The number of hydrogen-bond acceptors (Lipinski definition) is 6. The average molecular weight is 521 g/mol. The lowest BCUT2D eigenvalue weighted by Gasteiger charge is -2.32. The van der Waals surface area contributed by atoms with Gasteiger partial charge in [-0.15, -0.1) is 11.3 Å². The van der Waals surface area contributed by atoms with Crippen molar-refractivity contribution >= 4 is 29.3 Å². The molecule has 2 saturated heterocycles. The fourth-order valence-electron chi connectivity index (χ4n) is 4.65. The molecule has 4 heterocycles. The Hall–Kier alpha value is -2.62. The summed E-state index contributed by atoms with van der Waals surface area (Å²) in [7, 11) is -0.345. The number of nitrogens with zero attached hydrogens (tertiary/aromatic N) is 2. The van der Waals surface area contributed by atoms with E-state index in [1.807, 2.05) is 27.0 Å². The maximum atomic E-state index is 12.7. The molecule has 0 radical (unpaired) electrons. The van der Waals surface area contributed by atoms with Gasteiger partial charge in [-0.2, -0.15) is 0 Å². The molecule has 0 aliphatic carbocycles. The summed E-state index contributed by atoms with van der Waals surface area (Å²) in [6.07, 6.45) is 3.36. The Balaban J connectivity index is 1.28. The normalized spacial score (nSPS) is 21.0. The Morgan fingerprint density at radius 2 is 1.73 bits per heavy atom. The average Bonchev–Trinajstić information content (AvgIpc) is 3.59. The largest absolute Gasteiger partial charge is 0.505 e. The van der Waals surface area contributed by atoms with Gasteiger partial charge in [-0.25, -0.2) is 9.78 Å². The fraction of sp³-hybridized carbons (Fsp3) is 0.500. The first-order valence-electron chi connectivity index (χ1n) is 12.9. The minimum atomic E-state index is -0.520. The van der Waals surface area contributed by atoms with Gasteiger partial charge in [0.05, 0.1) is 29.1 Å². The van der Waals surface area contributed by atoms with E-state index in [0.717, 1.165) is 40.3 Å². The summed E-state index contributed by atoms with van der Waals surface area (Å²) in [5, 5.41) is 0. The standard InChI is InChI=1S/C28H36BN3O4S/c1-26(2,3)34-25(33)32-16-8-9-21(32)24-30-17-20(31-24)18-10-12-19(13-11-18)22-14-15-23(37-22)29-35-27(4,5)28(6,7)36-29/h10-15,17,21H,8-9,16H2,1-7H3,(H,30,31)/t21-/m0/s1. The molecule has 3 aromatic rings. The van der Waals surface area contributed by atoms with Crippen molar-refractivity contribution in [1.29, 1.82) is 0 Å². The van der Waals surface area contributed by atoms with Crippen LogP contribution < -0.4 is 4.78 Å². The summed E-state index contributed by atoms with van der Waals surface area (Å²) in [6.45, 7) is 14.6. The summed E-state index contributed by atoms with van der Waals surface area (Å²) in [5.74, 6) is 0.799. The van der Waals surface area contributed by atoms with Crippen LogP contribution in [0.25, 0.3) is 21.7 Å². The van der Waals surface area contributed by atoms with Crippen LogP contribution in [0, 0.1) is 0 Å². The first-order valence-corrected chi connectivity index (χ1v) is 13.8. The Bertz CT molecular complexity index is 1260. The number of hydrogen-bond donors (Lipinski definition) is 1. The van der Waals surface area contributed by atoms with Crippen LogP contribution in [0.5, 0.6) is 0 Å². The Morgan fingerprint density at radius 1 is 1.08 bits per heavy atom. The second kappa shape index (κ2) is 9.29. The molecule has 1 atom stereocenters. The molecule has 1 N–H and O–H groups in total. The molecule has 1 aromatic carbocycles. The lowest BCUT2D eigenvalue weighted by Crippen LogP contribution is -2.41. The lowest BCUT2D eigenvalue weighted by atomic mass is 9.88. The smallest absolute Gasteiger partial charge is 0.444 e. The predicted octanol–water partition coefficient (Wildman–Crippen LogP) is 6.18. The second-order valence-electron chi connectivity index (χ2n) is 11.9. The van der Waals surface area contributed by atoms with Crippen LogP contribution in [0.15, 0.2) is 42.6 Å². The van der Waals surface area contributed by atoms with Crippen molar-refractivity contribution in [2.75, 3.05) is 6.54 Å². The van der Waals surface area contributed by atoms with Crippen molar-refractivity contribution in [3.8, 4) is 21.7 Å². The molecular weight excluding hydrogens is 485 g/mol. The molecule has 2 aromatic heterocycles. The quantitative estimate of drug-likeness (QED) is 0.415. The minimum Gasteiger partial charge on any atom is -0.444 e. The molecule has 7 nitrogen and oxygen atoms in total. The Kier molecular flexibility index (Phi) is 6.53. The van der Waals surface area contributed by atoms with Crippen molar-refractivity contribution in [1.82, 2.24) is 14.9 Å². The molecule has 37 heavy (non-hydrogen) atoms. The zero-order valence-electron chi connectivity index (χ0n) is 22.8. The molecular formula is C28H36BN3O4S. The van der Waals surface area contributed by atoms with Crippen molar-refractivity contribution in [3.05, 3.63) is 48.4 Å². The summed E-state index contributed by atoms with van der Waals surface area (Å²) >= 11 is 1.69. The van der Waals surface area contributed by atoms with E-state index in [4.69, 9.17) is 14.0 Å². The van der Waals surface area contributed by atoms with Crippen LogP contribution >= 0.6 is 11.3 Å². The SMILES string of the molecule is CC(C)(C)OC(=O)N1CCC[C@H]1c1ncc(-c2ccc(-c3ccc(B4OC(C)(C)C(C)(C)O4)s3)cc2)[nH]1. The van der Waals surface area contributed by atoms with E-state index < -0.39 is 5.60 Å². The van der Waals surface area contributed by atoms with Gasteiger partial charge in [0.2, 0.25) is 0 Å². The number of ether oxygens (including phenoxy) is 1. The number of imidazole rings is 1. The van der Waals surface area contributed by atoms with Gasteiger partial charge in [0, 0.05) is 16.2 Å². The predicted molar refractivity (Wildman–Crippen MR) is 148 cm³/mol. The minimum absolute atomic E-state index is 0.0950. The van der Waals surface area contributed by atoms with Crippen LogP contribution in [0.4, 0.5) is 4.79 Å². The van der Waals surface area contributed by atoms with Crippen LogP contribution in [0.3, 0.4) is 0 Å². The molecule has 2 fully saturated rings. The summed E-state index contributed by atoms with van der Waals surface area (Å²) in [6, 6.07) is 12.6. The van der Waals surface area contributed by atoms with Gasteiger partial charge in [-0.3, -0.25) is 4.90 Å². The number of benzene rings is 1. The number of nitrogens with one attached hydrogen (secondary N) is 1.